The molecule has 0 aliphatic rings. The maximum atomic E-state index is 13.0. The van der Waals surface area contributed by atoms with Gasteiger partial charge in [0, 0.05) is 16.6 Å². The van der Waals surface area contributed by atoms with Gasteiger partial charge in [0.05, 0.1) is 24.6 Å². The highest BCUT2D eigenvalue weighted by Crippen LogP contribution is 2.37. The van der Waals surface area contributed by atoms with Gasteiger partial charge in [-0.2, -0.15) is 0 Å². The smallest absolute Gasteiger partial charge is 0.336 e. The molecule has 1 aromatic heterocycles. The molecule has 8 heteroatoms. The predicted molar refractivity (Wildman–Crippen MR) is 111 cm³/mol. The van der Waals surface area contributed by atoms with Gasteiger partial charge in [0.2, 0.25) is 10.0 Å². The first-order valence-electron chi connectivity index (χ1n) is 8.65. The number of aromatic nitrogens is 1. The SMILES string of the molecule is CCC(C(=O)OC)(c1ccc(Cl)cc1)n1ccc2c(NS(C)(=O)=O)cccc21. The molecule has 0 fully saturated rings. The van der Waals surface area contributed by atoms with Crippen molar-refractivity contribution in [3.05, 3.63) is 65.3 Å². The van der Waals surface area contributed by atoms with E-state index in [2.05, 4.69) is 4.72 Å². The molecule has 2 aromatic carbocycles. The number of halogens is 1. The van der Waals surface area contributed by atoms with Gasteiger partial charge < -0.3 is 9.30 Å². The molecule has 0 bridgehead atoms. The van der Waals surface area contributed by atoms with Crippen LogP contribution in [-0.2, 0) is 25.1 Å². The first kappa shape index (κ1) is 20.2. The van der Waals surface area contributed by atoms with Crippen LogP contribution in [0.15, 0.2) is 54.7 Å². The fourth-order valence-electron chi connectivity index (χ4n) is 3.56. The first-order chi connectivity index (χ1) is 13.2. The number of esters is 1. The first-order valence-corrected chi connectivity index (χ1v) is 10.9. The number of hydrogen-bond donors (Lipinski definition) is 1. The van der Waals surface area contributed by atoms with Crippen molar-refractivity contribution in [1.82, 2.24) is 4.57 Å². The van der Waals surface area contributed by atoms with E-state index in [0.29, 0.717) is 28.0 Å². The third-order valence-electron chi connectivity index (χ3n) is 4.80. The second-order valence-corrected chi connectivity index (χ2v) is 8.70. The molecular weight excluding hydrogens is 400 g/mol. The normalized spacial score (nSPS) is 13.9. The van der Waals surface area contributed by atoms with Crippen molar-refractivity contribution in [2.75, 3.05) is 18.1 Å². The van der Waals surface area contributed by atoms with Gasteiger partial charge in [0.15, 0.2) is 5.54 Å². The summed E-state index contributed by atoms with van der Waals surface area (Å²) in [4.78, 5) is 13.0. The van der Waals surface area contributed by atoms with Gasteiger partial charge in [-0.1, -0.05) is 36.7 Å². The quantitative estimate of drug-likeness (QED) is 0.611. The van der Waals surface area contributed by atoms with Crippen molar-refractivity contribution >= 4 is 44.2 Å². The summed E-state index contributed by atoms with van der Waals surface area (Å²) in [7, 11) is -2.09. The summed E-state index contributed by atoms with van der Waals surface area (Å²) >= 11 is 6.03. The minimum Gasteiger partial charge on any atom is -0.467 e. The van der Waals surface area contributed by atoms with Gasteiger partial charge in [-0.05, 0) is 42.3 Å². The molecule has 1 heterocycles. The van der Waals surface area contributed by atoms with Crippen LogP contribution < -0.4 is 4.72 Å². The Morgan fingerprint density at radius 2 is 1.86 bits per heavy atom. The van der Waals surface area contributed by atoms with Crippen molar-refractivity contribution < 1.29 is 17.9 Å². The lowest BCUT2D eigenvalue weighted by Crippen LogP contribution is -2.43. The van der Waals surface area contributed by atoms with E-state index < -0.39 is 21.5 Å². The van der Waals surface area contributed by atoms with Crippen molar-refractivity contribution in [1.29, 1.82) is 0 Å². The molecule has 0 spiro atoms. The van der Waals surface area contributed by atoms with Crippen LogP contribution in [0.5, 0.6) is 0 Å². The van der Waals surface area contributed by atoms with Gasteiger partial charge in [0.25, 0.3) is 0 Å². The number of methoxy groups -OCH3 is 1. The highest BCUT2D eigenvalue weighted by atomic mass is 35.5. The fraction of sp³-hybridized carbons (Fsp3) is 0.250. The van der Waals surface area contributed by atoms with Crippen LogP contribution in [0.2, 0.25) is 5.02 Å². The van der Waals surface area contributed by atoms with E-state index in [1.807, 2.05) is 17.6 Å². The fourth-order valence-corrected chi connectivity index (χ4v) is 4.26. The third kappa shape index (κ3) is 3.47. The number of fused-ring (bicyclic) bond motifs is 1. The zero-order valence-electron chi connectivity index (χ0n) is 15.8. The second kappa shape index (κ2) is 7.48. The van der Waals surface area contributed by atoms with E-state index in [4.69, 9.17) is 16.3 Å². The number of nitrogens with zero attached hydrogens (tertiary/aromatic N) is 1. The molecule has 6 nitrogen and oxygen atoms in total. The summed E-state index contributed by atoms with van der Waals surface area (Å²) in [6.07, 6.45) is 3.29. The van der Waals surface area contributed by atoms with E-state index in [1.54, 1.807) is 48.7 Å². The van der Waals surface area contributed by atoms with Crippen molar-refractivity contribution in [3.8, 4) is 0 Å². The van der Waals surface area contributed by atoms with Crippen LogP contribution in [0, 0.1) is 0 Å². The Balaban J connectivity index is 2.30. The molecule has 0 aliphatic heterocycles. The van der Waals surface area contributed by atoms with Crippen molar-refractivity contribution in [2.24, 2.45) is 0 Å². The summed E-state index contributed by atoms with van der Waals surface area (Å²) in [6.45, 7) is 1.90. The molecule has 3 aromatic rings. The summed E-state index contributed by atoms with van der Waals surface area (Å²) in [5.74, 6) is -0.420. The Morgan fingerprint density at radius 1 is 1.18 bits per heavy atom. The maximum Gasteiger partial charge on any atom is 0.336 e. The Hall–Kier alpha value is -2.51. The summed E-state index contributed by atoms with van der Waals surface area (Å²) in [5.41, 5.74) is 0.760. The van der Waals surface area contributed by atoms with Gasteiger partial charge >= 0.3 is 5.97 Å². The van der Waals surface area contributed by atoms with Crippen LogP contribution in [0.3, 0.4) is 0 Å². The Kier molecular flexibility index (Phi) is 5.41. The zero-order valence-corrected chi connectivity index (χ0v) is 17.3. The van der Waals surface area contributed by atoms with Crippen LogP contribution in [-0.4, -0.2) is 32.3 Å². The van der Waals surface area contributed by atoms with E-state index in [-0.39, 0.29) is 0 Å². The van der Waals surface area contributed by atoms with Gasteiger partial charge in [0.1, 0.15) is 0 Å². The molecule has 0 radical (unpaired) electrons. The minimum absolute atomic E-state index is 0.420. The summed E-state index contributed by atoms with van der Waals surface area (Å²) in [6, 6.07) is 14.1. The molecule has 0 aliphatic carbocycles. The third-order valence-corrected chi connectivity index (χ3v) is 5.64. The minimum atomic E-state index is -3.44. The van der Waals surface area contributed by atoms with Crippen LogP contribution in [0.1, 0.15) is 18.9 Å². The van der Waals surface area contributed by atoms with Crippen LogP contribution in [0.4, 0.5) is 5.69 Å². The molecular formula is C20H21ClN2O4S. The number of hydrogen-bond acceptors (Lipinski definition) is 4. The second-order valence-electron chi connectivity index (χ2n) is 6.51. The van der Waals surface area contributed by atoms with Crippen LogP contribution in [0.25, 0.3) is 10.9 Å². The van der Waals surface area contributed by atoms with Crippen LogP contribution >= 0.6 is 11.6 Å². The van der Waals surface area contributed by atoms with E-state index in [1.165, 1.54) is 7.11 Å². The Bertz CT molecular complexity index is 1120. The molecule has 1 N–H and O–H groups in total. The number of benzene rings is 2. The largest absolute Gasteiger partial charge is 0.467 e. The molecule has 1 atom stereocenters. The van der Waals surface area contributed by atoms with E-state index in [9.17, 15) is 13.2 Å². The maximum absolute atomic E-state index is 13.0. The van der Waals surface area contributed by atoms with Gasteiger partial charge in [-0.15, -0.1) is 0 Å². The standard InChI is InChI=1S/C20H21ClN2O4S/c1-4-20(19(24)27-2,14-8-10-15(21)11-9-14)23-13-12-16-17(22-28(3,25)26)6-5-7-18(16)23/h5-13,22H,4H2,1-3H3. The van der Waals surface area contributed by atoms with Gasteiger partial charge in [-0.25, -0.2) is 13.2 Å². The van der Waals surface area contributed by atoms with Crippen molar-refractivity contribution in [2.45, 2.75) is 18.9 Å². The predicted octanol–water partition coefficient (Wildman–Crippen LogP) is 3.99. The average molecular weight is 421 g/mol. The highest BCUT2D eigenvalue weighted by molar-refractivity contribution is 7.92. The lowest BCUT2D eigenvalue weighted by atomic mass is 9.86. The van der Waals surface area contributed by atoms with Crippen molar-refractivity contribution in [3.63, 3.8) is 0 Å². The van der Waals surface area contributed by atoms with E-state index in [0.717, 1.165) is 11.8 Å². The number of rotatable bonds is 6. The number of ether oxygens (including phenoxy) is 1. The van der Waals surface area contributed by atoms with E-state index >= 15 is 0 Å². The number of sulfonamides is 1. The molecule has 0 saturated heterocycles. The molecule has 28 heavy (non-hydrogen) atoms. The molecule has 3 rings (SSSR count). The number of nitrogens with one attached hydrogen (secondary N) is 1. The topological polar surface area (TPSA) is 77.4 Å². The molecule has 148 valence electrons. The molecule has 1 unspecified atom stereocenters. The van der Waals surface area contributed by atoms with Gasteiger partial charge in [-0.3, -0.25) is 4.72 Å². The zero-order chi connectivity index (χ0) is 20.5. The summed E-state index contributed by atoms with van der Waals surface area (Å²) < 4.78 is 32.9. The highest BCUT2D eigenvalue weighted by Gasteiger charge is 2.42. The average Bonchev–Trinajstić information content (AvgIpc) is 3.08. The lowest BCUT2D eigenvalue weighted by molar-refractivity contribution is -0.149. The lowest BCUT2D eigenvalue weighted by Gasteiger charge is -2.33. The summed E-state index contributed by atoms with van der Waals surface area (Å²) in [5, 5.41) is 1.25. The number of carbonyl (C=O) groups excluding carboxylic acids is 1. The molecule has 0 saturated carbocycles. The molecule has 0 amide bonds. The number of carbonyl (C=O) groups is 1. The number of anilines is 1. The Morgan fingerprint density at radius 3 is 2.43 bits per heavy atom. The monoisotopic (exact) mass is 420 g/mol. The Labute approximate surface area is 169 Å².